The van der Waals surface area contributed by atoms with E-state index in [1.807, 2.05) is 0 Å². The van der Waals surface area contributed by atoms with Gasteiger partial charge in [0.05, 0.1) is 11.6 Å². The molecular formula is C11H9BrF3N. The number of hydrogen-bond donors (Lipinski definition) is 1. The molecule has 1 atom stereocenters. The molecule has 5 heteroatoms. The first-order valence-electron chi connectivity index (χ1n) is 4.43. The van der Waals surface area contributed by atoms with Gasteiger partial charge in [-0.25, -0.2) is 0 Å². The molecule has 0 bridgehead atoms. The van der Waals surface area contributed by atoms with Gasteiger partial charge in [-0.15, -0.1) is 6.42 Å². The van der Waals surface area contributed by atoms with Gasteiger partial charge in [-0.05, 0) is 25.1 Å². The van der Waals surface area contributed by atoms with E-state index in [0.717, 1.165) is 12.1 Å². The maximum absolute atomic E-state index is 12.5. The van der Waals surface area contributed by atoms with Crippen LogP contribution in [0.2, 0.25) is 0 Å². The zero-order chi connectivity index (χ0) is 12.3. The molecule has 1 N–H and O–H groups in total. The molecule has 0 spiro atoms. The summed E-state index contributed by atoms with van der Waals surface area (Å²) >= 11 is 3.03. The number of rotatable bonds is 2. The molecule has 86 valence electrons. The van der Waals surface area contributed by atoms with Crippen molar-refractivity contribution in [3.05, 3.63) is 28.2 Å². The summed E-state index contributed by atoms with van der Waals surface area (Å²) < 4.78 is 37.8. The van der Waals surface area contributed by atoms with E-state index in [1.165, 1.54) is 0 Å². The average Bonchev–Trinajstić information content (AvgIpc) is 2.15. The van der Waals surface area contributed by atoms with E-state index < -0.39 is 11.7 Å². The lowest BCUT2D eigenvalue weighted by Crippen LogP contribution is -2.13. The molecule has 0 amide bonds. The number of benzene rings is 1. The number of nitrogens with one attached hydrogen (secondary N) is 1. The predicted octanol–water partition coefficient (Wildman–Crippen LogP) is 3.90. The van der Waals surface area contributed by atoms with Crippen molar-refractivity contribution in [3.8, 4) is 12.3 Å². The minimum Gasteiger partial charge on any atom is -0.372 e. The molecule has 16 heavy (non-hydrogen) atoms. The van der Waals surface area contributed by atoms with Crippen LogP contribution in [0.4, 0.5) is 18.9 Å². The average molecular weight is 292 g/mol. The summed E-state index contributed by atoms with van der Waals surface area (Å²) in [4.78, 5) is 0. The molecule has 0 heterocycles. The third-order valence-corrected chi connectivity index (χ3v) is 2.32. The molecule has 0 fully saturated rings. The monoisotopic (exact) mass is 291 g/mol. The van der Waals surface area contributed by atoms with Crippen LogP contribution in [0.1, 0.15) is 12.5 Å². The smallest absolute Gasteiger partial charge is 0.372 e. The van der Waals surface area contributed by atoms with Crippen LogP contribution in [0.15, 0.2) is 22.7 Å². The van der Waals surface area contributed by atoms with Crippen LogP contribution in [0.5, 0.6) is 0 Å². The van der Waals surface area contributed by atoms with E-state index >= 15 is 0 Å². The number of anilines is 1. The Balaban J connectivity index is 3.05. The lowest BCUT2D eigenvalue weighted by atomic mass is 10.2. The second kappa shape index (κ2) is 4.79. The number of terminal acetylenes is 1. The van der Waals surface area contributed by atoms with E-state index in [1.54, 1.807) is 13.0 Å². The lowest BCUT2D eigenvalue weighted by Gasteiger charge is -2.13. The van der Waals surface area contributed by atoms with E-state index in [2.05, 4.69) is 27.2 Å². The second-order valence-corrected chi connectivity index (χ2v) is 4.17. The Morgan fingerprint density at radius 2 is 2.00 bits per heavy atom. The van der Waals surface area contributed by atoms with Gasteiger partial charge in [0.1, 0.15) is 0 Å². The Morgan fingerprint density at radius 1 is 1.38 bits per heavy atom. The molecule has 0 aliphatic carbocycles. The van der Waals surface area contributed by atoms with E-state index in [-0.39, 0.29) is 6.04 Å². The highest BCUT2D eigenvalue weighted by atomic mass is 79.9. The quantitative estimate of drug-likeness (QED) is 0.815. The predicted molar refractivity (Wildman–Crippen MR) is 61.1 cm³/mol. The van der Waals surface area contributed by atoms with E-state index in [0.29, 0.717) is 10.2 Å². The SMILES string of the molecule is C#CC(C)Nc1cc(Br)cc(C(F)(F)F)c1. The van der Waals surface area contributed by atoms with Gasteiger partial charge < -0.3 is 5.32 Å². The van der Waals surface area contributed by atoms with Crippen LogP contribution in [-0.2, 0) is 6.18 Å². The van der Waals surface area contributed by atoms with Crippen LogP contribution in [0.25, 0.3) is 0 Å². The van der Waals surface area contributed by atoms with Crippen molar-refractivity contribution < 1.29 is 13.2 Å². The van der Waals surface area contributed by atoms with Gasteiger partial charge in [0, 0.05) is 10.2 Å². The molecule has 1 nitrogen and oxygen atoms in total. The highest BCUT2D eigenvalue weighted by Gasteiger charge is 2.31. The second-order valence-electron chi connectivity index (χ2n) is 3.26. The van der Waals surface area contributed by atoms with Crippen molar-refractivity contribution >= 4 is 21.6 Å². The maximum Gasteiger partial charge on any atom is 0.416 e. The van der Waals surface area contributed by atoms with Crippen LogP contribution < -0.4 is 5.32 Å². The van der Waals surface area contributed by atoms with Crippen molar-refractivity contribution in [2.24, 2.45) is 0 Å². The summed E-state index contributed by atoms with van der Waals surface area (Å²) in [6.07, 6.45) is 0.774. The van der Waals surface area contributed by atoms with Gasteiger partial charge >= 0.3 is 6.18 Å². The Hall–Kier alpha value is -1.15. The van der Waals surface area contributed by atoms with Crippen molar-refractivity contribution in [2.45, 2.75) is 19.1 Å². The van der Waals surface area contributed by atoms with Crippen LogP contribution in [-0.4, -0.2) is 6.04 Å². The highest BCUT2D eigenvalue weighted by Crippen LogP contribution is 2.33. The van der Waals surface area contributed by atoms with Gasteiger partial charge in [0.25, 0.3) is 0 Å². The van der Waals surface area contributed by atoms with Gasteiger partial charge in [-0.3, -0.25) is 0 Å². The minimum atomic E-state index is -4.36. The van der Waals surface area contributed by atoms with Gasteiger partial charge in [0.2, 0.25) is 0 Å². The fourth-order valence-electron chi connectivity index (χ4n) is 1.13. The van der Waals surface area contributed by atoms with Gasteiger partial charge in [0.15, 0.2) is 0 Å². The molecule has 0 aliphatic rings. The van der Waals surface area contributed by atoms with Gasteiger partial charge in [-0.1, -0.05) is 21.9 Å². The lowest BCUT2D eigenvalue weighted by molar-refractivity contribution is -0.137. The van der Waals surface area contributed by atoms with Crippen molar-refractivity contribution in [1.82, 2.24) is 0 Å². The van der Waals surface area contributed by atoms with Crippen molar-refractivity contribution in [3.63, 3.8) is 0 Å². The molecule has 0 aromatic heterocycles. The molecule has 0 aliphatic heterocycles. The molecular weight excluding hydrogens is 283 g/mol. The largest absolute Gasteiger partial charge is 0.416 e. The molecule has 1 rings (SSSR count). The third-order valence-electron chi connectivity index (χ3n) is 1.86. The molecule has 0 radical (unpaired) electrons. The Kier molecular flexibility index (Phi) is 3.87. The van der Waals surface area contributed by atoms with E-state index in [4.69, 9.17) is 6.42 Å². The first-order chi connectivity index (χ1) is 7.32. The van der Waals surface area contributed by atoms with Crippen molar-refractivity contribution in [2.75, 3.05) is 5.32 Å². The Bertz CT molecular complexity index is 420. The summed E-state index contributed by atoms with van der Waals surface area (Å²) in [6, 6.07) is 3.27. The van der Waals surface area contributed by atoms with Crippen LogP contribution in [0, 0.1) is 12.3 Å². The van der Waals surface area contributed by atoms with Crippen molar-refractivity contribution in [1.29, 1.82) is 0 Å². The molecule has 1 aromatic carbocycles. The minimum absolute atomic E-state index is 0.324. The fraction of sp³-hybridized carbons (Fsp3) is 0.273. The molecule has 0 saturated carbocycles. The fourth-order valence-corrected chi connectivity index (χ4v) is 1.62. The summed E-state index contributed by atoms with van der Waals surface area (Å²) in [7, 11) is 0. The van der Waals surface area contributed by atoms with Crippen LogP contribution in [0.3, 0.4) is 0 Å². The number of halogens is 4. The third kappa shape index (κ3) is 3.46. The zero-order valence-corrected chi connectivity index (χ0v) is 9.98. The first-order valence-corrected chi connectivity index (χ1v) is 5.22. The zero-order valence-electron chi connectivity index (χ0n) is 8.40. The first kappa shape index (κ1) is 12.9. The highest BCUT2D eigenvalue weighted by molar-refractivity contribution is 9.10. The topological polar surface area (TPSA) is 12.0 Å². The molecule has 1 aromatic rings. The summed E-state index contributed by atoms with van der Waals surface area (Å²) in [5, 5.41) is 2.78. The Morgan fingerprint density at radius 3 is 2.50 bits per heavy atom. The standard InChI is InChI=1S/C11H9BrF3N/c1-3-7(2)16-10-5-8(11(13,14)15)4-9(12)6-10/h1,4-7,16H,2H3. The number of hydrogen-bond acceptors (Lipinski definition) is 1. The molecule has 1 unspecified atom stereocenters. The summed E-state index contributed by atoms with van der Waals surface area (Å²) in [5.74, 6) is 2.38. The summed E-state index contributed by atoms with van der Waals surface area (Å²) in [6.45, 7) is 1.69. The summed E-state index contributed by atoms with van der Waals surface area (Å²) in [5.41, 5.74) is -0.374. The molecule has 0 saturated heterocycles. The van der Waals surface area contributed by atoms with E-state index in [9.17, 15) is 13.2 Å². The van der Waals surface area contributed by atoms with Gasteiger partial charge in [-0.2, -0.15) is 13.2 Å². The number of alkyl halides is 3. The maximum atomic E-state index is 12.5. The normalized spacial score (nSPS) is 13.0. The van der Waals surface area contributed by atoms with Crippen LogP contribution >= 0.6 is 15.9 Å². The Labute approximate surface area is 100 Å².